The molecule has 0 unspecified atom stereocenters. The summed E-state index contributed by atoms with van der Waals surface area (Å²) in [7, 11) is 0. The Morgan fingerprint density at radius 3 is 2.90 bits per heavy atom. The van der Waals surface area contributed by atoms with E-state index in [0.29, 0.717) is 11.6 Å². The minimum atomic E-state index is 0.629. The van der Waals surface area contributed by atoms with Crippen molar-refractivity contribution in [2.24, 2.45) is 0 Å². The van der Waals surface area contributed by atoms with Gasteiger partial charge in [-0.25, -0.2) is 9.97 Å². The molecule has 2 N–H and O–H groups in total. The number of anilines is 1. The maximum atomic E-state index is 4.58. The van der Waals surface area contributed by atoms with Crippen LogP contribution in [0.2, 0.25) is 0 Å². The maximum absolute atomic E-state index is 4.58. The second-order valence-corrected chi connectivity index (χ2v) is 5.66. The van der Waals surface area contributed by atoms with Gasteiger partial charge in [-0.3, -0.25) is 0 Å². The lowest BCUT2D eigenvalue weighted by Gasteiger charge is -2.07. The van der Waals surface area contributed by atoms with Crippen molar-refractivity contribution in [3.8, 4) is 0 Å². The summed E-state index contributed by atoms with van der Waals surface area (Å²) in [4.78, 5) is 16.3. The van der Waals surface area contributed by atoms with Crippen LogP contribution in [0.25, 0.3) is 11.2 Å². The molecule has 108 valence electrons. The molecule has 0 spiro atoms. The lowest BCUT2D eigenvalue weighted by atomic mass is 10.1. The van der Waals surface area contributed by atoms with Crippen molar-refractivity contribution in [2.75, 3.05) is 11.9 Å². The molecule has 0 atom stereocenters. The van der Waals surface area contributed by atoms with E-state index in [4.69, 9.17) is 0 Å². The van der Waals surface area contributed by atoms with Crippen molar-refractivity contribution in [1.82, 2.24) is 19.9 Å². The van der Waals surface area contributed by atoms with Crippen LogP contribution in [-0.4, -0.2) is 26.5 Å². The number of hydrogen-bond donors (Lipinski definition) is 2. The van der Waals surface area contributed by atoms with Gasteiger partial charge in [-0.1, -0.05) is 36.0 Å². The molecule has 6 heteroatoms. The summed E-state index contributed by atoms with van der Waals surface area (Å²) in [5.41, 5.74) is 4.22. The summed E-state index contributed by atoms with van der Waals surface area (Å²) in [5.74, 6) is 1.51. The van der Waals surface area contributed by atoms with Crippen molar-refractivity contribution in [3.05, 3.63) is 41.7 Å². The number of aromatic amines is 1. The smallest absolute Gasteiger partial charge is 0.225 e. The topological polar surface area (TPSA) is 66.5 Å². The predicted molar refractivity (Wildman–Crippen MR) is 86.6 cm³/mol. The molecule has 0 bridgehead atoms. The zero-order valence-corrected chi connectivity index (χ0v) is 12.9. The van der Waals surface area contributed by atoms with Crippen LogP contribution in [-0.2, 0) is 5.75 Å². The van der Waals surface area contributed by atoms with Gasteiger partial charge in [-0.15, -0.1) is 0 Å². The highest BCUT2D eigenvalue weighted by Crippen LogP contribution is 2.28. The highest BCUT2D eigenvalue weighted by molar-refractivity contribution is 7.98. The van der Waals surface area contributed by atoms with E-state index >= 15 is 0 Å². The van der Waals surface area contributed by atoms with Gasteiger partial charge in [0, 0.05) is 12.3 Å². The van der Waals surface area contributed by atoms with E-state index < -0.39 is 0 Å². The van der Waals surface area contributed by atoms with Crippen molar-refractivity contribution < 1.29 is 0 Å². The molecule has 3 aromatic rings. The monoisotopic (exact) mass is 299 g/mol. The number of fused-ring (bicyclic) bond motifs is 1. The second-order valence-electron chi connectivity index (χ2n) is 4.70. The summed E-state index contributed by atoms with van der Waals surface area (Å²) >= 11 is 1.70. The zero-order valence-electron chi connectivity index (χ0n) is 12.1. The normalized spacial score (nSPS) is 11.0. The number of nitrogens with zero attached hydrogens (tertiary/aromatic N) is 3. The third kappa shape index (κ3) is 3.00. The average Bonchev–Trinajstić information content (AvgIpc) is 2.95. The van der Waals surface area contributed by atoms with Gasteiger partial charge in [-0.2, -0.15) is 4.98 Å². The third-order valence-corrected chi connectivity index (χ3v) is 4.24. The van der Waals surface area contributed by atoms with Gasteiger partial charge in [0.2, 0.25) is 5.95 Å². The van der Waals surface area contributed by atoms with Gasteiger partial charge in [0.05, 0.1) is 6.33 Å². The molecule has 0 aliphatic carbocycles. The Kier molecular flexibility index (Phi) is 4.06. The second kappa shape index (κ2) is 6.13. The van der Waals surface area contributed by atoms with Crippen LogP contribution in [0.15, 0.2) is 35.6 Å². The Morgan fingerprint density at radius 2 is 2.10 bits per heavy atom. The largest absolute Gasteiger partial charge is 0.354 e. The molecule has 0 aliphatic rings. The van der Waals surface area contributed by atoms with Crippen molar-refractivity contribution in [3.63, 3.8) is 0 Å². The van der Waals surface area contributed by atoms with Crippen molar-refractivity contribution >= 4 is 28.9 Å². The van der Waals surface area contributed by atoms with Gasteiger partial charge < -0.3 is 10.3 Å². The fourth-order valence-electron chi connectivity index (χ4n) is 2.07. The van der Waals surface area contributed by atoms with Crippen LogP contribution in [0.3, 0.4) is 0 Å². The molecule has 0 aliphatic heterocycles. The van der Waals surface area contributed by atoms with Gasteiger partial charge in [0.1, 0.15) is 10.5 Å². The first-order valence-corrected chi connectivity index (χ1v) is 7.88. The van der Waals surface area contributed by atoms with E-state index in [1.54, 1.807) is 18.1 Å². The van der Waals surface area contributed by atoms with E-state index in [-0.39, 0.29) is 0 Å². The summed E-state index contributed by atoms with van der Waals surface area (Å²) in [6, 6.07) is 8.41. The van der Waals surface area contributed by atoms with E-state index in [0.717, 1.165) is 22.8 Å². The van der Waals surface area contributed by atoms with Crippen LogP contribution in [0.4, 0.5) is 5.95 Å². The maximum Gasteiger partial charge on any atom is 0.225 e. The first-order valence-electron chi connectivity index (χ1n) is 6.90. The Hall–Kier alpha value is -2.08. The van der Waals surface area contributed by atoms with E-state index in [9.17, 15) is 0 Å². The lowest BCUT2D eigenvalue weighted by Crippen LogP contribution is -2.03. The van der Waals surface area contributed by atoms with Gasteiger partial charge in [0.25, 0.3) is 0 Å². The lowest BCUT2D eigenvalue weighted by molar-refractivity contribution is 1.04. The fraction of sp³-hybridized carbons (Fsp3) is 0.267. The van der Waals surface area contributed by atoms with Gasteiger partial charge in [0.15, 0.2) is 5.65 Å². The van der Waals surface area contributed by atoms with E-state index in [2.05, 4.69) is 56.4 Å². The van der Waals surface area contributed by atoms with Crippen LogP contribution < -0.4 is 5.32 Å². The Labute approximate surface area is 127 Å². The number of H-pyrrole nitrogens is 1. The molecule has 2 aromatic heterocycles. The SMILES string of the molecule is CCNc1nc(SCc2ccccc2C)c2[nH]cnc2n1. The first-order chi connectivity index (χ1) is 10.3. The van der Waals surface area contributed by atoms with E-state index in [1.165, 1.54) is 11.1 Å². The quantitative estimate of drug-likeness (QED) is 0.558. The highest BCUT2D eigenvalue weighted by atomic mass is 32.2. The summed E-state index contributed by atoms with van der Waals surface area (Å²) in [5, 5.41) is 4.08. The van der Waals surface area contributed by atoms with Crippen molar-refractivity contribution in [2.45, 2.75) is 24.6 Å². The van der Waals surface area contributed by atoms with Crippen LogP contribution >= 0.6 is 11.8 Å². The minimum Gasteiger partial charge on any atom is -0.354 e. The summed E-state index contributed by atoms with van der Waals surface area (Å²) < 4.78 is 0. The molecule has 3 rings (SSSR count). The number of benzene rings is 1. The molecular weight excluding hydrogens is 282 g/mol. The fourth-order valence-corrected chi connectivity index (χ4v) is 3.13. The molecule has 5 nitrogen and oxygen atoms in total. The molecule has 0 saturated carbocycles. The molecule has 21 heavy (non-hydrogen) atoms. The van der Waals surface area contributed by atoms with Gasteiger partial charge >= 0.3 is 0 Å². The Bertz CT molecular complexity index is 753. The third-order valence-electron chi connectivity index (χ3n) is 3.21. The van der Waals surface area contributed by atoms with E-state index in [1.807, 2.05) is 6.92 Å². The molecule has 1 aromatic carbocycles. The average molecular weight is 299 g/mol. The van der Waals surface area contributed by atoms with Crippen LogP contribution in [0, 0.1) is 6.92 Å². The molecule has 0 saturated heterocycles. The molecular formula is C15H17N5S. The predicted octanol–water partition coefficient (Wildman–Crippen LogP) is 3.39. The molecule has 2 heterocycles. The number of hydrogen-bond acceptors (Lipinski definition) is 5. The Balaban J connectivity index is 1.89. The summed E-state index contributed by atoms with van der Waals surface area (Å²) in [6.45, 7) is 4.95. The van der Waals surface area contributed by atoms with Crippen LogP contribution in [0.1, 0.15) is 18.1 Å². The first kappa shape index (κ1) is 13.9. The molecule has 0 fully saturated rings. The summed E-state index contributed by atoms with van der Waals surface area (Å²) in [6.07, 6.45) is 1.66. The number of aryl methyl sites for hydroxylation is 1. The highest BCUT2D eigenvalue weighted by Gasteiger charge is 2.10. The number of aromatic nitrogens is 4. The Morgan fingerprint density at radius 1 is 1.24 bits per heavy atom. The van der Waals surface area contributed by atoms with Crippen molar-refractivity contribution in [1.29, 1.82) is 0 Å². The number of thioether (sulfide) groups is 1. The number of imidazole rings is 1. The molecule has 0 radical (unpaired) electrons. The zero-order chi connectivity index (χ0) is 14.7. The standard InChI is InChI=1S/C15H17N5S/c1-3-16-15-19-13-12(17-9-18-13)14(20-15)21-8-11-7-5-4-6-10(11)2/h4-7,9H,3,8H2,1-2H3,(H2,16,17,18,19,20). The molecule has 0 amide bonds. The van der Waals surface area contributed by atoms with Gasteiger partial charge in [-0.05, 0) is 25.0 Å². The number of nitrogens with one attached hydrogen (secondary N) is 2. The minimum absolute atomic E-state index is 0.629. The number of rotatable bonds is 5. The van der Waals surface area contributed by atoms with Crippen LogP contribution in [0.5, 0.6) is 0 Å².